The quantitative estimate of drug-likeness (QED) is 0.0152. The fourth-order valence-corrected chi connectivity index (χ4v) is 10.2. The summed E-state index contributed by atoms with van der Waals surface area (Å²) in [7, 11) is 0. The Hall–Kier alpha value is -15.2. The second-order valence-electron chi connectivity index (χ2n) is 27.3. The smallest absolute Gasteiger partial charge is 0.426 e. The highest BCUT2D eigenvalue weighted by Gasteiger charge is 2.38. The van der Waals surface area contributed by atoms with Crippen LogP contribution in [0.25, 0.3) is 21.9 Å². The molecule has 0 heterocycles. The fourth-order valence-electron chi connectivity index (χ4n) is 10.2. The molecule has 10 aromatic carbocycles. The number of alkyl halides is 8. The van der Waals surface area contributed by atoms with E-state index in [4.69, 9.17) is 56.8 Å². The topological polar surface area (TPSA) is 247 Å². The summed E-state index contributed by atoms with van der Waals surface area (Å²) in [6, 6.07) is 56.0. The number of carbonyl (C=O) groups is 8. The molecule has 28 heteroatoms. The van der Waals surface area contributed by atoms with Crippen LogP contribution in [0.15, 0.2) is 330 Å². The lowest BCUT2D eigenvalue weighted by Gasteiger charge is -2.19. The highest BCUT2D eigenvalue weighted by atomic mass is 19.3. The molecular formula is C118H146F8O20. The zero-order valence-electron chi connectivity index (χ0n) is 88.8. The highest BCUT2D eigenvalue weighted by molar-refractivity contribution is 5.89. The molecule has 794 valence electrons. The summed E-state index contributed by atoms with van der Waals surface area (Å²) in [5.41, 5.74) is 6.50. The summed E-state index contributed by atoms with van der Waals surface area (Å²) in [5.74, 6) is -4.50. The minimum atomic E-state index is -3.57. The van der Waals surface area contributed by atoms with Crippen molar-refractivity contribution in [3.05, 3.63) is 397 Å². The SMILES string of the molecule is C=C(C)C(=O)OCc1ccc(OC(F)(F)c2ccc(-c3ccc(COC(=O)C(=C)C)cc3)cc2)cc1.C=C(C)C(=O)OCc1ccc(OC(F)(F)c2ccc(COC(=O)C(=C)C)cc2)cc1.C=CC(=O)OCc1ccc(OC(F)(F)c2ccc(COC(=O)C=C)cc2)cc1.C=CC(=O)OCc1ccc(OC(F)(F)c2ccc3cc(COC(=O)C=C)ccc3c2)cc1.CC.CC.CC.CC.CC.CC.CC.CC.CC.CC. The van der Waals surface area contributed by atoms with E-state index in [1.807, 2.05) is 151 Å². The first-order valence-corrected chi connectivity index (χ1v) is 47.8. The molecule has 0 spiro atoms. The number of ether oxygens (including phenoxy) is 12. The number of benzene rings is 10. The normalized spacial score (nSPS) is 9.75. The molecule has 20 nitrogen and oxygen atoms in total. The third kappa shape index (κ3) is 53.2. The average Bonchev–Trinajstić information content (AvgIpc) is 0.791. The first-order chi connectivity index (χ1) is 69.8. The van der Waals surface area contributed by atoms with E-state index in [0.717, 1.165) is 51.9 Å². The zero-order valence-corrected chi connectivity index (χ0v) is 88.8. The van der Waals surface area contributed by atoms with E-state index < -0.39 is 72.2 Å². The molecule has 0 aliphatic carbocycles. The predicted molar refractivity (Wildman–Crippen MR) is 564 cm³/mol. The van der Waals surface area contributed by atoms with Gasteiger partial charge >= 0.3 is 72.2 Å². The van der Waals surface area contributed by atoms with Gasteiger partial charge in [0.05, 0.1) is 22.3 Å². The van der Waals surface area contributed by atoms with Crippen LogP contribution in [0.4, 0.5) is 35.1 Å². The Morgan fingerprint density at radius 1 is 0.219 bits per heavy atom. The molecule has 0 amide bonds. The molecule has 0 atom stereocenters. The maximum atomic E-state index is 14.7. The molecule has 0 unspecified atom stereocenters. The van der Waals surface area contributed by atoms with Crippen LogP contribution in [-0.4, -0.2) is 47.8 Å². The van der Waals surface area contributed by atoms with Crippen LogP contribution in [-0.2, 0) is 154 Å². The van der Waals surface area contributed by atoms with Crippen LogP contribution >= 0.6 is 0 Å². The Kier molecular flexibility index (Phi) is 72.6. The first kappa shape index (κ1) is 137. The van der Waals surface area contributed by atoms with Crippen molar-refractivity contribution >= 4 is 58.5 Å². The van der Waals surface area contributed by atoms with Crippen molar-refractivity contribution in [2.24, 2.45) is 0 Å². The first-order valence-electron chi connectivity index (χ1n) is 47.8. The fraction of sp³-hybridized carbons (Fsp3) is 0.305. The van der Waals surface area contributed by atoms with Crippen LogP contribution in [0.3, 0.4) is 0 Å². The minimum Gasteiger partial charge on any atom is -0.458 e. The van der Waals surface area contributed by atoms with Crippen molar-refractivity contribution in [3.63, 3.8) is 0 Å². The van der Waals surface area contributed by atoms with E-state index in [0.29, 0.717) is 44.3 Å². The van der Waals surface area contributed by atoms with Gasteiger partial charge in [-0.05, 0) is 197 Å². The van der Waals surface area contributed by atoms with Crippen molar-refractivity contribution in [1.82, 2.24) is 0 Å². The second-order valence-corrected chi connectivity index (χ2v) is 27.3. The van der Waals surface area contributed by atoms with Gasteiger partial charge in [-0.25, -0.2) is 38.4 Å². The Balaban J connectivity index is -0.000000871. The molecule has 0 aliphatic rings. The predicted octanol–water partition coefficient (Wildman–Crippen LogP) is 31.7. The minimum absolute atomic E-state index is 0.000218. The lowest BCUT2D eigenvalue weighted by molar-refractivity contribution is -0.186. The maximum Gasteiger partial charge on any atom is 0.426 e. The standard InChI is InChI=1S/C29H26F2O5.C25H20F2O5.C23H22F2O5.C21H18F2O5.10C2H6/c1-19(2)27(32)34-17-21-5-9-23(10-6-21)24-11-13-25(14-12-24)29(30,31)36-26-15-7-22(8-16-26)18-35-28(33)20(3)4;1-3-23(28)30-15-17-6-11-22(12-7-17)32-25(26,27)21-10-9-19-13-18(5-8-20(19)14-21)16-31-24(29)4-2;1-15(2)21(26)28-13-17-5-9-19(10-6-17)23(24,25)30-20-11-7-18(8-12-20)14-29-22(27)16(3)4;1-3-19(24)26-13-15-5-9-17(10-6-15)21(22,23)28-18-11-7-16(8-12-18)14-27-20(25)4-2;10*1-2/h5-16H,1,3,17-18H2,2,4H3;3-14H,1-2,15-16H2;5-12H,1,3,13-14H2,2,4H3;3-12H,1-2,13-14H2;10*1-2H3. The Morgan fingerprint density at radius 2 is 0.377 bits per heavy atom. The third-order valence-corrected chi connectivity index (χ3v) is 17.1. The van der Waals surface area contributed by atoms with Crippen molar-refractivity contribution in [1.29, 1.82) is 0 Å². The van der Waals surface area contributed by atoms with Crippen LogP contribution in [0, 0.1) is 0 Å². The Labute approximate surface area is 858 Å². The van der Waals surface area contributed by atoms with Crippen molar-refractivity contribution < 1.29 is 130 Å². The number of rotatable bonds is 37. The van der Waals surface area contributed by atoms with Gasteiger partial charge in [-0.15, -0.1) is 0 Å². The largest absolute Gasteiger partial charge is 0.458 e. The number of hydrogen-bond acceptors (Lipinski definition) is 20. The second kappa shape index (κ2) is 77.4. The van der Waals surface area contributed by atoms with Gasteiger partial charge in [0.1, 0.15) is 75.9 Å². The number of hydrogen-bond donors (Lipinski definition) is 0. The number of carbonyl (C=O) groups excluding carboxylic acids is 8. The summed E-state index contributed by atoms with van der Waals surface area (Å²) in [6.45, 7) is 73.4. The molecule has 0 aromatic heterocycles. The number of esters is 8. The molecule has 0 radical (unpaired) electrons. The molecule has 0 N–H and O–H groups in total. The van der Waals surface area contributed by atoms with Crippen LogP contribution < -0.4 is 18.9 Å². The van der Waals surface area contributed by atoms with Crippen LogP contribution in [0.5, 0.6) is 23.0 Å². The number of fused-ring (bicyclic) bond motifs is 1. The summed E-state index contributed by atoms with van der Waals surface area (Å²) in [5, 5.41) is 1.30. The maximum absolute atomic E-state index is 14.7. The number of halogens is 8. The Morgan fingerprint density at radius 3 is 0.596 bits per heavy atom. The van der Waals surface area contributed by atoms with Gasteiger partial charge in [0.15, 0.2) is 0 Å². The highest BCUT2D eigenvalue weighted by Crippen LogP contribution is 2.38. The van der Waals surface area contributed by atoms with Crippen molar-refractivity contribution in [3.8, 4) is 34.1 Å². The molecule has 0 bridgehead atoms. The molecule has 0 saturated heterocycles. The van der Waals surface area contributed by atoms with Gasteiger partial charge in [-0.1, -0.05) is 318 Å². The monoisotopic (exact) mass is 2040 g/mol. The molecule has 0 aliphatic heterocycles. The van der Waals surface area contributed by atoms with E-state index in [-0.39, 0.29) is 115 Å². The van der Waals surface area contributed by atoms with E-state index in [1.54, 1.807) is 67.6 Å². The summed E-state index contributed by atoms with van der Waals surface area (Å²) in [4.78, 5) is 90.0. The molecule has 146 heavy (non-hydrogen) atoms. The van der Waals surface area contributed by atoms with E-state index in [2.05, 4.69) is 52.6 Å². The van der Waals surface area contributed by atoms with E-state index in [9.17, 15) is 73.5 Å². The van der Waals surface area contributed by atoms with Gasteiger partial charge < -0.3 is 56.8 Å². The van der Waals surface area contributed by atoms with Crippen LogP contribution in [0.1, 0.15) is 233 Å². The molecule has 10 aromatic rings. The molecule has 10 rings (SSSR count). The van der Waals surface area contributed by atoms with E-state index in [1.165, 1.54) is 178 Å². The van der Waals surface area contributed by atoms with Crippen LogP contribution in [0.2, 0.25) is 0 Å². The lowest BCUT2D eigenvalue weighted by atomic mass is 10.0. The van der Waals surface area contributed by atoms with Gasteiger partial charge in [0.2, 0.25) is 0 Å². The summed E-state index contributed by atoms with van der Waals surface area (Å²) < 4.78 is 176. The van der Waals surface area contributed by atoms with Crippen molar-refractivity contribution in [2.75, 3.05) is 0 Å². The Bertz CT molecular complexity index is 5540. The lowest BCUT2D eigenvalue weighted by Crippen LogP contribution is -2.21. The van der Waals surface area contributed by atoms with Gasteiger partial charge in [-0.3, -0.25) is 0 Å². The van der Waals surface area contributed by atoms with Gasteiger partial charge in [-0.2, -0.15) is 35.1 Å². The molecule has 0 saturated carbocycles. The average molecular weight is 2040 g/mol. The van der Waals surface area contributed by atoms with Crippen molar-refractivity contribution in [2.45, 2.75) is 243 Å². The van der Waals surface area contributed by atoms with E-state index >= 15 is 0 Å². The summed E-state index contributed by atoms with van der Waals surface area (Å²) >= 11 is 0. The third-order valence-electron chi connectivity index (χ3n) is 17.1. The molecular weight excluding hydrogens is 1890 g/mol. The van der Waals surface area contributed by atoms with Gasteiger partial charge in [0, 0.05) is 46.6 Å². The molecule has 0 fully saturated rings. The summed E-state index contributed by atoms with van der Waals surface area (Å²) in [6.07, 6.45) is -10.1. The zero-order chi connectivity index (χ0) is 112. The van der Waals surface area contributed by atoms with Gasteiger partial charge in [0.25, 0.3) is 0 Å².